The maximum Gasteiger partial charge on any atom is 1.00 e. The topological polar surface area (TPSA) is 67.8 Å². The third kappa shape index (κ3) is 3.80. The van der Waals surface area contributed by atoms with Crippen molar-refractivity contribution >= 4 is 5.97 Å². The van der Waals surface area contributed by atoms with E-state index in [1.807, 2.05) is 24.3 Å². The molecule has 1 atom stereocenters. The maximum absolute atomic E-state index is 10.3. The zero-order valence-electron chi connectivity index (χ0n) is 10.1. The quantitative estimate of drug-likeness (QED) is 0.632. The molecule has 6 heteroatoms. The molecule has 0 amide bonds. The number of carboxylic acids is 1. The second kappa shape index (κ2) is 6.32. The Morgan fingerprint density at radius 3 is 2.88 bits per heavy atom. The number of rotatable bonds is 4. The van der Waals surface area contributed by atoms with Gasteiger partial charge in [-0.3, -0.25) is 4.79 Å². The fraction of sp³-hybridized carbons (Fsp3) is 0.364. The van der Waals surface area contributed by atoms with Crippen molar-refractivity contribution in [3.05, 3.63) is 24.3 Å². The first kappa shape index (κ1) is 13.6. The second-order valence-corrected chi connectivity index (χ2v) is 3.52. The standard InChI is InChI=1S/C11H13NO4.ClH/c13-11(14)6-12-5-8-7-15-9-3-1-2-4-10(9)16-8;/h1-4,8,12H,5-7H2,(H,13,14);1H. The van der Waals surface area contributed by atoms with Gasteiger partial charge in [-0.15, -0.1) is 0 Å². The number of hydrogen-bond acceptors (Lipinski definition) is 4. The lowest BCUT2D eigenvalue weighted by molar-refractivity contribution is -0.136. The van der Waals surface area contributed by atoms with E-state index in [0.717, 1.165) is 5.75 Å². The molecule has 2 N–H and O–H groups in total. The van der Waals surface area contributed by atoms with Crippen molar-refractivity contribution in [1.29, 1.82) is 0 Å². The van der Waals surface area contributed by atoms with Crippen LogP contribution >= 0.6 is 0 Å². The van der Waals surface area contributed by atoms with Gasteiger partial charge >= 0.3 is 7.40 Å². The molecule has 0 spiro atoms. The van der Waals surface area contributed by atoms with Crippen LogP contribution in [0.1, 0.15) is 1.43 Å². The predicted octanol–water partition coefficient (Wildman–Crippen LogP) is -2.38. The first-order valence-electron chi connectivity index (χ1n) is 5.06. The van der Waals surface area contributed by atoms with Gasteiger partial charge in [0.15, 0.2) is 11.5 Å². The minimum absolute atomic E-state index is 0. The molecule has 0 bridgehead atoms. The average molecular weight is 260 g/mol. The molecule has 1 aromatic carbocycles. The number of carbonyl (C=O) groups is 1. The average Bonchev–Trinajstić information content (AvgIpc) is 2.28. The molecule has 1 heterocycles. The number of hydrogen-bond donors (Lipinski definition) is 2. The van der Waals surface area contributed by atoms with Gasteiger partial charge in [0, 0.05) is 6.54 Å². The molecule has 2 rings (SSSR count). The van der Waals surface area contributed by atoms with Crippen LogP contribution in [-0.2, 0) is 4.79 Å². The lowest BCUT2D eigenvalue weighted by Crippen LogP contribution is -3.00. The first-order valence-corrected chi connectivity index (χ1v) is 5.06. The largest absolute Gasteiger partial charge is 1.00 e. The van der Waals surface area contributed by atoms with Crippen LogP contribution < -0.4 is 27.2 Å². The summed E-state index contributed by atoms with van der Waals surface area (Å²) in [6.45, 7) is 0.825. The van der Waals surface area contributed by atoms with Crippen LogP contribution in [0.25, 0.3) is 0 Å². The molecule has 17 heavy (non-hydrogen) atoms. The molecular weight excluding hydrogens is 246 g/mol. The van der Waals surface area contributed by atoms with Gasteiger partial charge in [0.05, 0.1) is 6.54 Å². The summed E-state index contributed by atoms with van der Waals surface area (Å²) in [6, 6.07) is 7.43. The van der Waals surface area contributed by atoms with E-state index in [0.29, 0.717) is 18.9 Å². The Morgan fingerprint density at radius 1 is 1.47 bits per heavy atom. The Hall–Kier alpha value is -1.46. The maximum atomic E-state index is 10.3. The van der Waals surface area contributed by atoms with Gasteiger partial charge < -0.3 is 32.3 Å². The van der Waals surface area contributed by atoms with Crippen LogP contribution in [0, 0.1) is 0 Å². The molecule has 94 valence electrons. The molecule has 5 nitrogen and oxygen atoms in total. The summed E-state index contributed by atoms with van der Waals surface area (Å²) in [7, 11) is 0. The van der Waals surface area contributed by atoms with Gasteiger partial charge in [-0.1, -0.05) is 12.1 Å². The fourth-order valence-corrected chi connectivity index (χ4v) is 1.50. The Balaban J connectivity index is 0.00000144. The highest BCUT2D eigenvalue weighted by Crippen LogP contribution is 2.30. The van der Waals surface area contributed by atoms with Crippen LogP contribution in [0.5, 0.6) is 11.5 Å². The Labute approximate surface area is 107 Å². The zero-order valence-corrected chi connectivity index (χ0v) is 9.81. The highest BCUT2D eigenvalue weighted by atomic mass is 35.5. The van der Waals surface area contributed by atoms with E-state index in [-0.39, 0.29) is 26.5 Å². The number of aliphatic carboxylic acids is 1. The number of nitrogens with one attached hydrogen (secondary N) is 1. The second-order valence-electron chi connectivity index (χ2n) is 3.52. The molecule has 0 saturated heterocycles. The molecule has 0 fully saturated rings. The summed E-state index contributed by atoms with van der Waals surface area (Å²) < 4.78 is 11.1. The van der Waals surface area contributed by atoms with Gasteiger partial charge in [0.2, 0.25) is 0 Å². The SMILES string of the molecule is O=C(O)CNCC1COc2ccccc2O1.[Cl-].[H+]. The molecule has 0 saturated carbocycles. The molecule has 1 aliphatic heterocycles. The number of carboxylic acid groups (broad SMARTS) is 1. The van der Waals surface area contributed by atoms with Crippen LogP contribution in [0.4, 0.5) is 0 Å². The molecular formula is C11H14ClNO4. The minimum atomic E-state index is -0.878. The van der Waals surface area contributed by atoms with Crippen molar-refractivity contribution in [2.24, 2.45) is 0 Å². The predicted molar refractivity (Wildman–Crippen MR) is 58.0 cm³/mol. The van der Waals surface area contributed by atoms with E-state index >= 15 is 0 Å². The van der Waals surface area contributed by atoms with Gasteiger partial charge in [-0.05, 0) is 12.1 Å². The van der Waals surface area contributed by atoms with E-state index in [9.17, 15) is 4.79 Å². The van der Waals surface area contributed by atoms with Crippen LogP contribution in [0.3, 0.4) is 0 Å². The van der Waals surface area contributed by atoms with Gasteiger partial charge in [-0.25, -0.2) is 0 Å². The highest BCUT2D eigenvalue weighted by molar-refractivity contribution is 5.68. The van der Waals surface area contributed by atoms with Crippen LogP contribution in [0.2, 0.25) is 0 Å². The van der Waals surface area contributed by atoms with Crippen molar-refractivity contribution < 1.29 is 33.2 Å². The number of fused-ring (bicyclic) bond motifs is 1. The van der Waals surface area contributed by atoms with E-state index in [2.05, 4.69) is 5.32 Å². The van der Waals surface area contributed by atoms with Gasteiger partial charge in [-0.2, -0.15) is 0 Å². The normalized spacial score (nSPS) is 17.1. The third-order valence-corrected chi connectivity index (χ3v) is 2.22. The lowest BCUT2D eigenvalue weighted by atomic mass is 10.2. The van der Waals surface area contributed by atoms with Crippen molar-refractivity contribution in [3.63, 3.8) is 0 Å². The smallest absolute Gasteiger partial charge is 1.00 e. The van der Waals surface area contributed by atoms with Gasteiger partial charge in [0.25, 0.3) is 0 Å². The molecule has 0 aliphatic carbocycles. The Kier molecular flexibility index (Phi) is 5.06. The molecule has 0 radical (unpaired) electrons. The van der Waals surface area contributed by atoms with E-state index in [4.69, 9.17) is 14.6 Å². The molecule has 1 aliphatic rings. The van der Waals surface area contributed by atoms with Crippen LogP contribution in [-0.4, -0.2) is 36.9 Å². The molecule has 0 aromatic heterocycles. The number of benzene rings is 1. The summed E-state index contributed by atoms with van der Waals surface area (Å²) in [6.07, 6.45) is -0.144. The first-order chi connectivity index (χ1) is 7.75. The number of ether oxygens (including phenoxy) is 2. The van der Waals surface area contributed by atoms with E-state index in [1.54, 1.807) is 0 Å². The monoisotopic (exact) mass is 259 g/mol. The van der Waals surface area contributed by atoms with Crippen molar-refractivity contribution in [2.75, 3.05) is 19.7 Å². The van der Waals surface area contributed by atoms with Crippen LogP contribution in [0.15, 0.2) is 24.3 Å². The van der Waals surface area contributed by atoms with Gasteiger partial charge in [0.1, 0.15) is 12.7 Å². The minimum Gasteiger partial charge on any atom is -1.00 e. The molecule has 1 unspecified atom stereocenters. The van der Waals surface area contributed by atoms with Crippen molar-refractivity contribution in [1.82, 2.24) is 5.32 Å². The summed E-state index contributed by atoms with van der Waals surface area (Å²) >= 11 is 0. The highest BCUT2D eigenvalue weighted by Gasteiger charge is 2.20. The summed E-state index contributed by atoms with van der Waals surface area (Å²) in [5.74, 6) is 0.560. The Morgan fingerprint density at radius 2 is 2.18 bits per heavy atom. The van der Waals surface area contributed by atoms with E-state index in [1.165, 1.54) is 0 Å². The van der Waals surface area contributed by atoms with Crippen molar-refractivity contribution in [3.8, 4) is 11.5 Å². The third-order valence-electron chi connectivity index (χ3n) is 2.22. The zero-order chi connectivity index (χ0) is 11.4. The van der Waals surface area contributed by atoms with Crippen molar-refractivity contribution in [2.45, 2.75) is 6.10 Å². The summed E-state index contributed by atoms with van der Waals surface area (Å²) in [5.41, 5.74) is 0. The summed E-state index contributed by atoms with van der Waals surface area (Å²) in [4.78, 5) is 10.3. The number of para-hydroxylation sites is 2. The number of halogens is 1. The van der Waals surface area contributed by atoms with E-state index < -0.39 is 5.97 Å². The molecule has 1 aromatic rings. The Bertz CT molecular complexity index is 391. The lowest BCUT2D eigenvalue weighted by Gasteiger charge is -2.26. The fourth-order valence-electron chi connectivity index (χ4n) is 1.50. The summed E-state index contributed by atoms with van der Waals surface area (Å²) in [5, 5.41) is 11.2.